The summed E-state index contributed by atoms with van der Waals surface area (Å²) in [6.45, 7) is 3.84. The lowest BCUT2D eigenvalue weighted by atomic mass is 9.89. The van der Waals surface area contributed by atoms with Gasteiger partial charge in [-0.05, 0) is 24.2 Å². The summed E-state index contributed by atoms with van der Waals surface area (Å²) in [4.78, 5) is 12.9. The lowest BCUT2D eigenvalue weighted by Crippen LogP contribution is -2.47. The largest absolute Gasteiger partial charge is 0.352 e. The molecule has 4 atom stereocenters. The maximum atomic E-state index is 12.9. The first kappa shape index (κ1) is 19.6. The first-order valence-corrected chi connectivity index (χ1v) is 9.85. The first-order valence-electron chi connectivity index (χ1n) is 8.80. The van der Waals surface area contributed by atoms with E-state index in [9.17, 15) is 4.79 Å². The minimum Gasteiger partial charge on any atom is -0.352 e. The SMILES string of the molecule is CCSC1CCCCC1NC(=O)[C@H]1CNC[C@@H]1c1cnn(C)c1.Cl. The van der Waals surface area contributed by atoms with E-state index in [0.717, 1.165) is 25.3 Å². The van der Waals surface area contributed by atoms with Gasteiger partial charge >= 0.3 is 0 Å². The third kappa shape index (κ3) is 4.46. The summed E-state index contributed by atoms with van der Waals surface area (Å²) in [5.74, 6) is 1.61. The standard InChI is InChI=1S/C17H28N4OS.ClH/c1-3-23-16-7-5-4-6-15(16)20-17(22)14-10-18-9-13(14)12-8-19-21(2)11-12;/h8,11,13-16,18H,3-7,9-10H2,1-2H3,(H,20,22);1H/t13-,14+,15?,16?;/m1./s1. The molecule has 0 aromatic carbocycles. The van der Waals surface area contributed by atoms with Crippen molar-refractivity contribution in [3.8, 4) is 0 Å². The van der Waals surface area contributed by atoms with Crippen LogP contribution in [0.2, 0.25) is 0 Å². The molecule has 1 aromatic heterocycles. The van der Waals surface area contributed by atoms with Crippen LogP contribution in [0.5, 0.6) is 0 Å². The number of carbonyl (C=O) groups excluding carboxylic acids is 1. The number of nitrogens with one attached hydrogen (secondary N) is 2. The van der Waals surface area contributed by atoms with Gasteiger partial charge in [-0.25, -0.2) is 0 Å². The highest BCUT2D eigenvalue weighted by Gasteiger charge is 2.36. The summed E-state index contributed by atoms with van der Waals surface area (Å²) in [7, 11) is 1.93. The zero-order chi connectivity index (χ0) is 16.2. The predicted octanol–water partition coefficient (Wildman–Crippen LogP) is 2.33. The normalized spacial score (nSPS) is 29.9. The number of rotatable bonds is 5. The molecule has 5 nitrogen and oxygen atoms in total. The number of carbonyl (C=O) groups is 1. The van der Waals surface area contributed by atoms with Crippen LogP contribution in [0.4, 0.5) is 0 Å². The molecule has 2 aliphatic rings. The molecule has 3 rings (SSSR count). The summed E-state index contributed by atoms with van der Waals surface area (Å²) < 4.78 is 1.82. The van der Waals surface area contributed by atoms with Gasteiger partial charge in [-0.15, -0.1) is 12.4 Å². The fourth-order valence-electron chi connectivity index (χ4n) is 3.90. The van der Waals surface area contributed by atoms with E-state index < -0.39 is 0 Å². The summed E-state index contributed by atoms with van der Waals surface area (Å²) in [6, 6.07) is 0.344. The molecule has 0 bridgehead atoms. The molecule has 1 amide bonds. The highest BCUT2D eigenvalue weighted by molar-refractivity contribution is 7.99. The average Bonchev–Trinajstić information content (AvgIpc) is 3.18. The maximum absolute atomic E-state index is 12.9. The van der Waals surface area contributed by atoms with Crippen molar-refractivity contribution in [2.45, 2.75) is 49.8 Å². The van der Waals surface area contributed by atoms with E-state index in [-0.39, 0.29) is 30.2 Å². The number of nitrogens with zero attached hydrogens (tertiary/aromatic N) is 2. The molecule has 2 heterocycles. The van der Waals surface area contributed by atoms with Crippen LogP contribution in [0.15, 0.2) is 12.4 Å². The molecular formula is C17H29ClN4OS. The number of amides is 1. The van der Waals surface area contributed by atoms with Crippen LogP contribution < -0.4 is 10.6 Å². The number of thioether (sulfide) groups is 1. The van der Waals surface area contributed by atoms with Gasteiger partial charge in [0.2, 0.25) is 5.91 Å². The van der Waals surface area contributed by atoms with Gasteiger partial charge in [0.1, 0.15) is 0 Å². The first-order chi connectivity index (χ1) is 11.2. The fraction of sp³-hybridized carbons (Fsp3) is 0.765. The Labute approximate surface area is 155 Å². The highest BCUT2D eigenvalue weighted by Crippen LogP contribution is 2.31. The van der Waals surface area contributed by atoms with Crippen molar-refractivity contribution >= 4 is 30.1 Å². The van der Waals surface area contributed by atoms with E-state index in [1.54, 1.807) is 0 Å². The van der Waals surface area contributed by atoms with Crippen molar-refractivity contribution < 1.29 is 4.79 Å². The Kier molecular flexibility index (Phi) is 7.44. The molecule has 2 unspecified atom stereocenters. The smallest absolute Gasteiger partial charge is 0.225 e. The molecule has 1 saturated carbocycles. The van der Waals surface area contributed by atoms with Crippen LogP contribution >= 0.6 is 24.2 Å². The van der Waals surface area contributed by atoms with Gasteiger partial charge in [-0.1, -0.05) is 19.8 Å². The van der Waals surface area contributed by atoms with E-state index in [2.05, 4.69) is 22.7 Å². The number of aromatic nitrogens is 2. The van der Waals surface area contributed by atoms with Crippen molar-refractivity contribution in [1.29, 1.82) is 0 Å². The Balaban J connectivity index is 0.00000208. The molecule has 1 aromatic rings. The van der Waals surface area contributed by atoms with Crippen molar-refractivity contribution in [3.63, 3.8) is 0 Å². The minimum atomic E-state index is 0. The van der Waals surface area contributed by atoms with Crippen LogP contribution in [0.3, 0.4) is 0 Å². The van der Waals surface area contributed by atoms with Gasteiger partial charge in [0.15, 0.2) is 0 Å². The van der Waals surface area contributed by atoms with Gasteiger partial charge in [0.05, 0.1) is 12.1 Å². The molecular weight excluding hydrogens is 344 g/mol. The van der Waals surface area contributed by atoms with E-state index in [1.807, 2.05) is 35.9 Å². The van der Waals surface area contributed by atoms with E-state index in [1.165, 1.54) is 24.8 Å². The Bertz CT molecular complexity index is 536. The Hall–Kier alpha value is -0.720. The average molecular weight is 373 g/mol. The lowest BCUT2D eigenvalue weighted by molar-refractivity contribution is -0.125. The van der Waals surface area contributed by atoms with Crippen LogP contribution in [-0.4, -0.2) is 45.8 Å². The third-order valence-electron chi connectivity index (χ3n) is 5.11. The van der Waals surface area contributed by atoms with Crippen molar-refractivity contribution in [3.05, 3.63) is 18.0 Å². The van der Waals surface area contributed by atoms with Gasteiger partial charge in [-0.3, -0.25) is 9.48 Å². The number of halogens is 1. The molecule has 1 aliphatic carbocycles. The number of hydrogen-bond donors (Lipinski definition) is 2. The summed E-state index contributed by atoms with van der Waals surface area (Å²) in [5.41, 5.74) is 1.17. The number of hydrogen-bond acceptors (Lipinski definition) is 4. The van der Waals surface area contributed by atoms with E-state index in [4.69, 9.17) is 0 Å². The quantitative estimate of drug-likeness (QED) is 0.832. The summed E-state index contributed by atoms with van der Waals surface area (Å²) in [6.07, 6.45) is 8.83. The Morgan fingerprint density at radius 2 is 2.21 bits per heavy atom. The van der Waals surface area contributed by atoms with Crippen molar-refractivity contribution in [1.82, 2.24) is 20.4 Å². The van der Waals surface area contributed by atoms with Crippen LogP contribution in [0.25, 0.3) is 0 Å². The Morgan fingerprint density at radius 1 is 1.42 bits per heavy atom. The van der Waals surface area contributed by atoms with Gasteiger partial charge < -0.3 is 10.6 Å². The number of aryl methyl sites for hydroxylation is 1. The van der Waals surface area contributed by atoms with E-state index >= 15 is 0 Å². The lowest BCUT2D eigenvalue weighted by Gasteiger charge is -2.32. The molecule has 2 fully saturated rings. The van der Waals surface area contributed by atoms with E-state index in [0.29, 0.717) is 11.3 Å². The molecule has 0 spiro atoms. The van der Waals surface area contributed by atoms with Crippen molar-refractivity contribution in [2.24, 2.45) is 13.0 Å². The molecule has 1 aliphatic heterocycles. The van der Waals surface area contributed by atoms with Crippen molar-refractivity contribution in [2.75, 3.05) is 18.8 Å². The maximum Gasteiger partial charge on any atom is 0.225 e. The molecule has 2 N–H and O–H groups in total. The second-order valence-electron chi connectivity index (χ2n) is 6.71. The van der Waals surface area contributed by atoms with Gasteiger partial charge in [0.25, 0.3) is 0 Å². The Morgan fingerprint density at radius 3 is 2.92 bits per heavy atom. The molecule has 1 saturated heterocycles. The molecule has 7 heteroatoms. The fourth-order valence-corrected chi connectivity index (χ4v) is 5.10. The highest BCUT2D eigenvalue weighted by atomic mass is 35.5. The summed E-state index contributed by atoms with van der Waals surface area (Å²) >= 11 is 2.00. The monoisotopic (exact) mass is 372 g/mol. The van der Waals surface area contributed by atoms with Gasteiger partial charge in [-0.2, -0.15) is 16.9 Å². The zero-order valence-corrected chi connectivity index (χ0v) is 16.2. The third-order valence-corrected chi connectivity index (χ3v) is 6.44. The van der Waals surface area contributed by atoms with Crippen LogP contribution in [-0.2, 0) is 11.8 Å². The molecule has 136 valence electrons. The topological polar surface area (TPSA) is 59.0 Å². The second kappa shape index (κ2) is 9.11. The summed E-state index contributed by atoms with van der Waals surface area (Å²) in [5, 5.41) is 11.6. The second-order valence-corrected chi connectivity index (χ2v) is 8.23. The molecule has 24 heavy (non-hydrogen) atoms. The van der Waals surface area contributed by atoms with Crippen LogP contribution in [0.1, 0.15) is 44.1 Å². The zero-order valence-electron chi connectivity index (χ0n) is 14.5. The van der Waals surface area contributed by atoms with Gasteiger partial charge in [0, 0.05) is 43.5 Å². The van der Waals surface area contributed by atoms with Crippen LogP contribution in [0, 0.1) is 5.92 Å². The molecule has 0 radical (unpaired) electrons. The minimum absolute atomic E-state index is 0. The predicted molar refractivity (Wildman–Crippen MR) is 102 cm³/mol.